The van der Waals surface area contributed by atoms with Crippen LogP contribution in [-0.4, -0.2) is 11.9 Å². The molecule has 0 spiro atoms. The van der Waals surface area contributed by atoms with Crippen molar-refractivity contribution in [1.82, 2.24) is 5.32 Å². The SMILES string of the molecule is CC1(C)CCCC1NC(=O)C1CC2CC2C1. The Kier molecular flexibility index (Phi) is 2.31. The molecule has 1 amide bonds. The smallest absolute Gasteiger partial charge is 0.223 e. The van der Waals surface area contributed by atoms with Crippen LogP contribution in [0.4, 0.5) is 0 Å². The second-order valence-corrected chi connectivity index (χ2v) is 6.87. The first kappa shape index (κ1) is 10.6. The first-order chi connectivity index (χ1) is 7.56. The summed E-state index contributed by atoms with van der Waals surface area (Å²) in [5.74, 6) is 2.52. The van der Waals surface area contributed by atoms with Crippen LogP contribution in [0.2, 0.25) is 0 Å². The summed E-state index contributed by atoms with van der Waals surface area (Å²) < 4.78 is 0. The zero-order valence-corrected chi connectivity index (χ0v) is 10.5. The third-order valence-electron chi connectivity index (χ3n) is 5.19. The largest absolute Gasteiger partial charge is 0.353 e. The Morgan fingerprint density at radius 1 is 1.19 bits per heavy atom. The fourth-order valence-corrected chi connectivity index (χ4v) is 3.81. The number of carbonyl (C=O) groups is 1. The summed E-state index contributed by atoms with van der Waals surface area (Å²) in [4.78, 5) is 12.1. The van der Waals surface area contributed by atoms with Gasteiger partial charge in [0.05, 0.1) is 0 Å². The van der Waals surface area contributed by atoms with Gasteiger partial charge >= 0.3 is 0 Å². The Bertz CT molecular complexity index is 300. The normalized spacial score (nSPS) is 44.1. The number of rotatable bonds is 2. The molecular weight excluding hydrogens is 198 g/mol. The van der Waals surface area contributed by atoms with E-state index < -0.39 is 0 Å². The summed E-state index contributed by atoms with van der Waals surface area (Å²) in [6.45, 7) is 4.58. The Hall–Kier alpha value is -0.530. The van der Waals surface area contributed by atoms with Crippen molar-refractivity contribution in [3.05, 3.63) is 0 Å². The highest BCUT2D eigenvalue weighted by Gasteiger charge is 2.48. The van der Waals surface area contributed by atoms with E-state index in [1.165, 1.54) is 38.5 Å². The number of hydrogen-bond acceptors (Lipinski definition) is 1. The molecular formula is C14H23NO. The lowest BCUT2D eigenvalue weighted by atomic mass is 9.87. The van der Waals surface area contributed by atoms with Gasteiger partial charge in [-0.25, -0.2) is 0 Å². The zero-order valence-electron chi connectivity index (χ0n) is 10.5. The standard InChI is InChI=1S/C14H23NO/c1-14(2)5-3-4-12(14)15-13(16)11-7-9-6-10(9)8-11/h9-12H,3-8H2,1-2H3,(H,15,16). The first-order valence-corrected chi connectivity index (χ1v) is 6.86. The minimum Gasteiger partial charge on any atom is -0.353 e. The molecule has 0 aliphatic heterocycles. The molecule has 0 bridgehead atoms. The van der Waals surface area contributed by atoms with E-state index in [0.29, 0.717) is 23.3 Å². The number of amides is 1. The number of fused-ring (bicyclic) bond motifs is 1. The molecule has 3 rings (SSSR count). The van der Waals surface area contributed by atoms with Gasteiger partial charge in [0, 0.05) is 12.0 Å². The Morgan fingerprint density at radius 2 is 1.88 bits per heavy atom. The highest BCUT2D eigenvalue weighted by Crippen LogP contribution is 2.54. The molecule has 0 aromatic rings. The van der Waals surface area contributed by atoms with E-state index >= 15 is 0 Å². The van der Waals surface area contributed by atoms with E-state index in [-0.39, 0.29) is 0 Å². The average Bonchev–Trinajstić information content (AvgIpc) is 2.67. The molecule has 2 heteroatoms. The second-order valence-electron chi connectivity index (χ2n) is 6.87. The lowest BCUT2D eigenvalue weighted by Gasteiger charge is -2.29. The molecule has 0 heterocycles. The third-order valence-corrected chi connectivity index (χ3v) is 5.19. The van der Waals surface area contributed by atoms with E-state index in [1.807, 2.05) is 0 Å². The minimum absolute atomic E-state index is 0.317. The maximum absolute atomic E-state index is 12.1. The van der Waals surface area contributed by atoms with Crippen LogP contribution in [-0.2, 0) is 4.79 Å². The maximum atomic E-state index is 12.1. The minimum atomic E-state index is 0.317. The molecule has 3 atom stereocenters. The lowest BCUT2D eigenvalue weighted by molar-refractivity contribution is -0.126. The van der Waals surface area contributed by atoms with Gasteiger partial charge in [0.15, 0.2) is 0 Å². The van der Waals surface area contributed by atoms with Crippen LogP contribution in [0, 0.1) is 23.2 Å². The lowest BCUT2D eigenvalue weighted by Crippen LogP contribution is -2.44. The quantitative estimate of drug-likeness (QED) is 0.763. The summed E-state index contributed by atoms with van der Waals surface area (Å²) in [7, 11) is 0. The summed E-state index contributed by atoms with van der Waals surface area (Å²) in [5, 5.41) is 3.31. The highest BCUT2D eigenvalue weighted by molar-refractivity contribution is 5.79. The van der Waals surface area contributed by atoms with Crippen molar-refractivity contribution >= 4 is 5.91 Å². The van der Waals surface area contributed by atoms with Crippen LogP contribution < -0.4 is 5.32 Å². The Labute approximate surface area is 98.2 Å². The van der Waals surface area contributed by atoms with E-state index in [9.17, 15) is 4.79 Å². The van der Waals surface area contributed by atoms with E-state index in [0.717, 1.165) is 11.8 Å². The number of hydrogen-bond donors (Lipinski definition) is 1. The first-order valence-electron chi connectivity index (χ1n) is 6.86. The van der Waals surface area contributed by atoms with Crippen molar-refractivity contribution in [2.75, 3.05) is 0 Å². The molecule has 0 aromatic carbocycles. The molecule has 0 radical (unpaired) electrons. The highest BCUT2D eigenvalue weighted by atomic mass is 16.2. The van der Waals surface area contributed by atoms with Crippen LogP contribution in [0.5, 0.6) is 0 Å². The average molecular weight is 221 g/mol. The van der Waals surface area contributed by atoms with Gasteiger partial charge in [0.2, 0.25) is 5.91 Å². The molecule has 3 unspecified atom stereocenters. The molecule has 0 saturated heterocycles. The Balaban J connectivity index is 1.56. The fourth-order valence-electron chi connectivity index (χ4n) is 3.81. The van der Waals surface area contributed by atoms with E-state index in [1.54, 1.807) is 0 Å². The topological polar surface area (TPSA) is 29.1 Å². The fraction of sp³-hybridized carbons (Fsp3) is 0.929. The third kappa shape index (κ3) is 1.76. The van der Waals surface area contributed by atoms with Crippen molar-refractivity contribution in [3.8, 4) is 0 Å². The number of nitrogens with one attached hydrogen (secondary N) is 1. The molecule has 16 heavy (non-hydrogen) atoms. The van der Waals surface area contributed by atoms with Crippen LogP contribution in [0.3, 0.4) is 0 Å². The van der Waals surface area contributed by atoms with Gasteiger partial charge in [0.25, 0.3) is 0 Å². The van der Waals surface area contributed by atoms with Crippen molar-refractivity contribution < 1.29 is 4.79 Å². The van der Waals surface area contributed by atoms with Gasteiger partial charge < -0.3 is 5.32 Å². The van der Waals surface area contributed by atoms with Crippen molar-refractivity contribution in [1.29, 1.82) is 0 Å². The van der Waals surface area contributed by atoms with E-state index in [2.05, 4.69) is 19.2 Å². The van der Waals surface area contributed by atoms with Crippen molar-refractivity contribution in [2.24, 2.45) is 23.2 Å². The van der Waals surface area contributed by atoms with Crippen molar-refractivity contribution in [2.45, 2.75) is 58.4 Å². The van der Waals surface area contributed by atoms with Gasteiger partial charge in [-0.05, 0) is 49.4 Å². The molecule has 0 aromatic heterocycles. The zero-order chi connectivity index (χ0) is 11.3. The van der Waals surface area contributed by atoms with Crippen LogP contribution in [0.25, 0.3) is 0 Å². The molecule has 3 aliphatic rings. The van der Waals surface area contributed by atoms with Gasteiger partial charge in [-0.1, -0.05) is 20.3 Å². The second kappa shape index (κ2) is 3.48. The maximum Gasteiger partial charge on any atom is 0.223 e. The molecule has 2 nitrogen and oxygen atoms in total. The van der Waals surface area contributed by atoms with Crippen LogP contribution in [0.15, 0.2) is 0 Å². The summed E-state index contributed by atoms with van der Waals surface area (Å²) in [6, 6.07) is 0.428. The molecule has 1 N–H and O–H groups in total. The van der Waals surface area contributed by atoms with Gasteiger partial charge in [-0.2, -0.15) is 0 Å². The molecule has 3 aliphatic carbocycles. The summed E-state index contributed by atoms with van der Waals surface area (Å²) in [5.41, 5.74) is 0.317. The van der Waals surface area contributed by atoms with Crippen LogP contribution >= 0.6 is 0 Å². The van der Waals surface area contributed by atoms with Crippen LogP contribution in [0.1, 0.15) is 52.4 Å². The molecule has 90 valence electrons. The monoisotopic (exact) mass is 221 g/mol. The molecule has 3 saturated carbocycles. The number of carbonyl (C=O) groups excluding carboxylic acids is 1. The predicted octanol–water partition coefficient (Wildman–Crippen LogP) is 2.73. The Morgan fingerprint density at radius 3 is 2.44 bits per heavy atom. The summed E-state index contributed by atoms with van der Waals surface area (Å²) >= 11 is 0. The van der Waals surface area contributed by atoms with Crippen molar-refractivity contribution in [3.63, 3.8) is 0 Å². The molecule has 3 fully saturated rings. The van der Waals surface area contributed by atoms with E-state index in [4.69, 9.17) is 0 Å². The predicted molar refractivity (Wildman–Crippen MR) is 63.9 cm³/mol. The van der Waals surface area contributed by atoms with Gasteiger partial charge in [-0.15, -0.1) is 0 Å². The van der Waals surface area contributed by atoms with Gasteiger partial charge in [0.1, 0.15) is 0 Å². The van der Waals surface area contributed by atoms with Gasteiger partial charge in [-0.3, -0.25) is 4.79 Å². The summed E-state index contributed by atoms with van der Waals surface area (Å²) in [6.07, 6.45) is 7.45.